The first-order valence-electron chi connectivity index (χ1n) is 7.09. The molecule has 4 heteroatoms. The van der Waals surface area contributed by atoms with Crippen LogP contribution in [0.1, 0.15) is 43.9 Å². The molecule has 104 valence electrons. The number of nitrogens with one attached hydrogen (secondary N) is 1. The van der Waals surface area contributed by atoms with Crippen LogP contribution in [0.25, 0.3) is 0 Å². The molecule has 2 rings (SSSR count). The lowest BCUT2D eigenvalue weighted by Gasteiger charge is -2.29. The Balaban J connectivity index is 2.13. The molecule has 0 spiro atoms. The Bertz CT molecular complexity index is 455. The highest BCUT2D eigenvalue weighted by molar-refractivity contribution is 5.74. The van der Waals surface area contributed by atoms with E-state index in [1.54, 1.807) is 0 Å². The molecule has 1 aliphatic carbocycles. The summed E-state index contributed by atoms with van der Waals surface area (Å²) in [4.78, 5) is 14.0. The normalized spacial score (nSPS) is 17.7. The quantitative estimate of drug-likeness (QED) is 0.822. The van der Waals surface area contributed by atoms with Crippen molar-refractivity contribution in [2.75, 3.05) is 18.8 Å². The number of anilines is 1. The predicted molar refractivity (Wildman–Crippen MR) is 78.0 cm³/mol. The SMILES string of the molecule is CCN(CC)C(=O)NC1CCCc2cc(N)ccc21. The average Bonchev–Trinajstić information content (AvgIpc) is 2.40. The zero-order valence-corrected chi connectivity index (χ0v) is 11.8. The van der Waals surface area contributed by atoms with E-state index in [1.807, 2.05) is 30.9 Å². The van der Waals surface area contributed by atoms with Crippen LogP contribution in [0, 0.1) is 0 Å². The van der Waals surface area contributed by atoms with E-state index in [9.17, 15) is 4.79 Å². The molecule has 1 unspecified atom stereocenters. The lowest BCUT2D eigenvalue weighted by Crippen LogP contribution is -2.42. The maximum Gasteiger partial charge on any atom is 0.317 e. The second-order valence-corrected chi connectivity index (χ2v) is 5.02. The fraction of sp³-hybridized carbons (Fsp3) is 0.533. The van der Waals surface area contributed by atoms with Gasteiger partial charge in [-0.05, 0) is 56.4 Å². The zero-order chi connectivity index (χ0) is 13.8. The number of rotatable bonds is 3. The van der Waals surface area contributed by atoms with Gasteiger partial charge in [-0.3, -0.25) is 0 Å². The minimum Gasteiger partial charge on any atom is -0.399 e. The molecular weight excluding hydrogens is 238 g/mol. The van der Waals surface area contributed by atoms with E-state index in [4.69, 9.17) is 5.73 Å². The molecule has 19 heavy (non-hydrogen) atoms. The Kier molecular flexibility index (Phi) is 4.30. The van der Waals surface area contributed by atoms with E-state index in [1.165, 1.54) is 11.1 Å². The Morgan fingerprint density at radius 1 is 1.42 bits per heavy atom. The minimum atomic E-state index is 0.0275. The van der Waals surface area contributed by atoms with Crippen LogP contribution in [0.2, 0.25) is 0 Å². The molecule has 0 bridgehead atoms. The Morgan fingerprint density at radius 3 is 2.84 bits per heavy atom. The molecule has 0 fully saturated rings. The highest BCUT2D eigenvalue weighted by atomic mass is 16.2. The van der Waals surface area contributed by atoms with Crippen LogP contribution in [0.5, 0.6) is 0 Å². The van der Waals surface area contributed by atoms with Crippen LogP contribution >= 0.6 is 0 Å². The van der Waals surface area contributed by atoms with Crippen molar-refractivity contribution in [3.63, 3.8) is 0 Å². The van der Waals surface area contributed by atoms with Gasteiger partial charge in [-0.25, -0.2) is 4.79 Å². The van der Waals surface area contributed by atoms with Gasteiger partial charge >= 0.3 is 6.03 Å². The van der Waals surface area contributed by atoms with Crippen LogP contribution in [0.15, 0.2) is 18.2 Å². The molecule has 0 aliphatic heterocycles. The monoisotopic (exact) mass is 261 g/mol. The molecule has 0 heterocycles. The first kappa shape index (κ1) is 13.7. The number of fused-ring (bicyclic) bond motifs is 1. The lowest BCUT2D eigenvalue weighted by molar-refractivity contribution is 0.197. The molecule has 0 radical (unpaired) electrons. The van der Waals surface area contributed by atoms with Gasteiger partial charge in [0.25, 0.3) is 0 Å². The summed E-state index contributed by atoms with van der Waals surface area (Å²) in [6.07, 6.45) is 3.15. The van der Waals surface area contributed by atoms with Crippen LogP contribution in [0.4, 0.5) is 10.5 Å². The summed E-state index contributed by atoms with van der Waals surface area (Å²) in [6.45, 7) is 5.48. The Labute approximate surface area is 115 Å². The van der Waals surface area contributed by atoms with Crippen molar-refractivity contribution >= 4 is 11.7 Å². The summed E-state index contributed by atoms with van der Waals surface area (Å²) in [5.41, 5.74) is 9.12. The molecule has 0 saturated heterocycles. The van der Waals surface area contributed by atoms with Crippen molar-refractivity contribution in [1.29, 1.82) is 0 Å². The number of carbonyl (C=O) groups is 1. The van der Waals surface area contributed by atoms with Crippen molar-refractivity contribution in [3.8, 4) is 0 Å². The summed E-state index contributed by atoms with van der Waals surface area (Å²) >= 11 is 0. The largest absolute Gasteiger partial charge is 0.399 e. The third-order valence-corrected chi connectivity index (χ3v) is 3.83. The Morgan fingerprint density at radius 2 is 2.16 bits per heavy atom. The van der Waals surface area contributed by atoms with Crippen LogP contribution < -0.4 is 11.1 Å². The van der Waals surface area contributed by atoms with Crippen LogP contribution in [0.3, 0.4) is 0 Å². The van der Waals surface area contributed by atoms with Crippen molar-refractivity contribution in [3.05, 3.63) is 29.3 Å². The van der Waals surface area contributed by atoms with E-state index in [-0.39, 0.29) is 12.1 Å². The number of urea groups is 1. The van der Waals surface area contributed by atoms with Gasteiger partial charge in [0.15, 0.2) is 0 Å². The summed E-state index contributed by atoms with van der Waals surface area (Å²) in [6, 6.07) is 6.15. The van der Waals surface area contributed by atoms with Crippen molar-refractivity contribution in [2.45, 2.75) is 39.2 Å². The number of hydrogen-bond donors (Lipinski definition) is 2. The maximum atomic E-state index is 12.1. The molecule has 2 amide bonds. The van der Waals surface area contributed by atoms with Gasteiger partial charge in [-0.15, -0.1) is 0 Å². The average molecular weight is 261 g/mol. The molecule has 1 aromatic rings. The standard InChI is InChI=1S/C15H23N3O/c1-3-18(4-2)15(19)17-14-7-5-6-11-10-12(16)8-9-13(11)14/h8-10,14H,3-7,16H2,1-2H3,(H,17,19). The molecule has 1 atom stereocenters. The fourth-order valence-corrected chi connectivity index (χ4v) is 2.74. The number of carbonyl (C=O) groups excluding carboxylic acids is 1. The van der Waals surface area contributed by atoms with Crippen molar-refractivity contribution in [1.82, 2.24) is 10.2 Å². The molecule has 4 nitrogen and oxygen atoms in total. The van der Waals surface area contributed by atoms with Gasteiger partial charge in [0.2, 0.25) is 0 Å². The highest BCUT2D eigenvalue weighted by Crippen LogP contribution is 2.31. The van der Waals surface area contributed by atoms with E-state index in [0.717, 1.165) is 38.0 Å². The van der Waals surface area contributed by atoms with Gasteiger partial charge in [0.1, 0.15) is 0 Å². The van der Waals surface area contributed by atoms with Crippen molar-refractivity contribution < 1.29 is 4.79 Å². The third kappa shape index (κ3) is 3.00. The first-order valence-corrected chi connectivity index (χ1v) is 7.09. The van der Waals surface area contributed by atoms with E-state index in [2.05, 4.69) is 11.4 Å². The van der Waals surface area contributed by atoms with Crippen LogP contribution in [-0.4, -0.2) is 24.0 Å². The van der Waals surface area contributed by atoms with Gasteiger partial charge in [0, 0.05) is 18.8 Å². The van der Waals surface area contributed by atoms with Crippen molar-refractivity contribution in [2.24, 2.45) is 0 Å². The highest BCUT2D eigenvalue weighted by Gasteiger charge is 2.23. The van der Waals surface area contributed by atoms with E-state index >= 15 is 0 Å². The number of aryl methyl sites for hydroxylation is 1. The fourth-order valence-electron chi connectivity index (χ4n) is 2.74. The Hall–Kier alpha value is -1.71. The maximum absolute atomic E-state index is 12.1. The summed E-state index contributed by atoms with van der Waals surface area (Å²) < 4.78 is 0. The third-order valence-electron chi connectivity index (χ3n) is 3.83. The van der Waals surface area contributed by atoms with Gasteiger partial charge in [0.05, 0.1) is 6.04 Å². The second kappa shape index (κ2) is 5.95. The summed E-state index contributed by atoms with van der Waals surface area (Å²) in [5.74, 6) is 0. The zero-order valence-electron chi connectivity index (χ0n) is 11.8. The predicted octanol–water partition coefficient (Wildman–Crippen LogP) is 2.70. The number of benzene rings is 1. The smallest absolute Gasteiger partial charge is 0.317 e. The molecule has 0 aromatic heterocycles. The number of amides is 2. The lowest BCUT2D eigenvalue weighted by atomic mass is 9.87. The molecule has 0 saturated carbocycles. The van der Waals surface area contributed by atoms with Gasteiger partial charge in [-0.1, -0.05) is 6.07 Å². The van der Waals surface area contributed by atoms with Gasteiger partial charge in [-0.2, -0.15) is 0 Å². The molecular formula is C15H23N3O. The van der Waals surface area contributed by atoms with E-state index < -0.39 is 0 Å². The topological polar surface area (TPSA) is 58.4 Å². The number of nitrogens with two attached hydrogens (primary N) is 1. The minimum absolute atomic E-state index is 0.0275. The summed E-state index contributed by atoms with van der Waals surface area (Å²) in [7, 11) is 0. The number of hydrogen-bond acceptors (Lipinski definition) is 2. The molecule has 1 aliphatic rings. The molecule has 3 N–H and O–H groups in total. The van der Waals surface area contributed by atoms with Gasteiger partial charge < -0.3 is 16.0 Å². The number of nitrogens with zero attached hydrogens (tertiary/aromatic N) is 1. The van der Waals surface area contributed by atoms with E-state index in [0.29, 0.717) is 0 Å². The number of nitrogen functional groups attached to an aromatic ring is 1. The molecule has 1 aromatic carbocycles. The van der Waals surface area contributed by atoms with Crippen LogP contribution in [-0.2, 0) is 6.42 Å². The second-order valence-electron chi connectivity index (χ2n) is 5.02. The first-order chi connectivity index (χ1) is 9.15. The summed E-state index contributed by atoms with van der Waals surface area (Å²) in [5, 5.41) is 3.14.